The van der Waals surface area contributed by atoms with E-state index < -0.39 is 42.4 Å². The molecule has 0 amide bonds. The number of thioether (sulfide) groups is 1. The first-order chi connectivity index (χ1) is 14.7. The third-order valence-corrected chi connectivity index (χ3v) is 6.27. The van der Waals surface area contributed by atoms with E-state index in [9.17, 15) is 9.90 Å². The van der Waals surface area contributed by atoms with Gasteiger partial charge in [0.1, 0.15) is 18.8 Å². The molecular weight excluding hydrogens is 428 g/mol. The summed E-state index contributed by atoms with van der Waals surface area (Å²) < 4.78 is 24.1. The maximum Gasteiger partial charge on any atom is 0.331 e. The van der Waals surface area contributed by atoms with E-state index in [1.807, 2.05) is 0 Å². The van der Waals surface area contributed by atoms with E-state index in [4.69, 9.17) is 19.9 Å². The summed E-state index contributed by atoms with van der Waals surface area (Å²) in [7, 11) is 1.25. The van der Waals surface area contributed by atoms with Crippen LogP contribution >= 0.6 is 11.8 Å². The Morgan fingerprint density at radius 1 is 1.42 bits per heavy atom. The zero-order chi connectivity index (χ0) is 22.4. The lowest BCUT2D eigenvalue weighted by Crippen LogP contribution is -2.49. The second-order valence-electron chi connectivity index (χ2n) is 7.89. The van der Waals surface area contributed by atoms with Gasteiger partial charge in [0, 0.05) is 12.2 Å². The molecule has 3 heterocycles. The average molecular weight is 455 g/mol. The summed E-state index contributed by atoms with van der Waals surface area (Å²) in [5.74, 6) is -2.16. The van der Waals surface area contributed by atoms with Crippen LogP contribution in [0.25, 0.3) is 11.2 Å². The van der Waals surface area contributed by atoms with Gasteiger partial charge in [-0.2, -0.15) is 0 Å². The van der Waals surface area contributed by atoms with Crippen molar-refractivity contribution in [1.29, 1.82) is 0 Å². The molecule has 13 heteroatoms. The Morgan fingerprint density at radius 2 is 2.19 bits per heavy atom. The first kappa shape index (κ1) is 22.1. The van der Waals surface area contributed by atoms with Crippen LogP contribution < -0.4 is 5.73 Å². The molecule has 0 unspecified atom stereocenters. The van der Waals surface area contributed by atoms with Gasteiger partial charge in [0.05, 0.1) is 13.2 Å². The van der Waals surface area contributed by atoms with Crippen LogP contribution in [0, 0.1) is 0 Å². The number of fused-ring (bicyclic) bond motifs is 2. The number of carbonyl (C=O) groups excluding carboxylic acids is 1. The van der Waals surface area contributed by atoms with Crippen molar-refractivity contribution in [3.8, 4) is 0 Å². The van der Waals surface area contributed by atoms with Crippen LogP contribution in [0.5, 0.6) is 0 Å². The minimum Gasteiger partial charge on any atom is -0.467 e. The van der Waals surface area contributed by atoms with Crippen molar-refractivity contribution < 1.29 is 28.8 Å². The normalized spacial score (nSPS) is 29.4. The third-order valence-electron chi connectivity index (χ3n) is 5.21. The van der Waals surface area contributed by atoms with Crippen LogP contribution in [0.1, 0.15) is 39.7 Å². The van der Waals surface area contributed by atoms with E-state index in [2.05, 4.69) is 31.9 Å². The Bertz CT molecular complexity index is 986. The number of aliphatic hydroxyl groups excluding tert-OH is 1. The SMILES string of the molecule is CCCSc1nc(N)c2nnn([C@@H]3C[C@H](O)[C@@]4(OCC(=O)OC)OC(C)(C)O[C@@H]34)c2n1. The molecule has 1 aliphatic carbocycles. The van der Waals surface area contributed by atoms with Crippen molar-refractivity contribution in [2.75, 3.05) is 25.2 Å². The lowest BCUT2D eigenvalue weighted by molar-refractivity contribution is -0.285. The highest BCUT2D eigenvalue weighted by Gasteiger charge is 2.67. The Kier molecular flexibility index (Phi) is 5.81. The average Bonchev–Trinajstić information content (AvgIpc) is 3.34. The molecule has 1 aliphatic heterocycles. The van der Waals surface area contributed by atoms with Gasteiger partial charge in [0.25, 0.3) is 0 Å². The second kappa shape index (κ2) is 8.13. The van der Waals surface area contributed by atoms with Crippen molar-refractivity contribution in [3.05, 3.63) is 0 Å². The molecule has 1 saturated carbocycles. The molecule has 0 radical (unpaired) electrons. The largest absolute Gasteiger partial charge is 0.467 e. The van der Waals surface area contributed by atoms with Gasteiger partial charge >= 0.3 is 5.97 Å². The van der Waals surface area contributed by atoms with Crippen molar-refractivity contribution in [1.82, 2.24) is 25.0 Å². The van der Waals surface area contributed by atoms with Gasteiger partial charge < -0.3 is 29.8 Å². The molecule has 0 aromatic carbocycles. The molecular formula is C18H26N6O6S. The summed E-state index contributed by atoms with van der Waals surface area (Å²) in [5, 5.41) is 19.8. The Morgan fingerprint density at radius 3 is 2.90 bits per heavy atom. The first-order valence-corrected chi connectivity index (χ1v) is 11.0. The monoisotopic (exact) mass is 454 g/mol. The molecule has 170 valence electrons. The quantitative estimate of drug-likeness (QED) is 0.342. The van der Waals surface area contributed by atoms with Crippen molar-refractivity contribution in [2.45, 2.75) is 68.6 Å². The fourth-order valence-corrected chi connectivity index (χ4v) is 4.65. The van der Waals surface area contributed by atoms with Crippen LogP contribution in [-0.4, -0.2) is 79.3 Å². The van der Waals surface area contributed by atoms with Crippen LogP contribution in [0.2, 0.25) is 0 Å². The fraction of sp³-hybridized carbons (Fsp3) is 0.722. The summed E-state index contributed by atoms with van der Waals surface area (Å²) in [6.45, 7) is 5.07. The summed E-state index contributed by atoms with van der Waals surface area (Å²) in [6.07, 6.45) is -0.737. The molecule has 0 spiro atoms. The van der Waals surface area contributed by atoms with E-state index in [-0.39, 0.29) is 12.2 Å². The number of methoxy groups -OCH3 is 1. The van der Waals surface area contributed by atoms with Crippen LogP contribution in [0.15, 0.2) is 5.16 Å². The van der Waals surface area contributed by atoms with Crippen LogP contribution in [-0.2, 0) is 23.7 Å². The van der Waals surface area contributed by atoms with Crippen molar-refractivity contribution >= 4 is 34.7 Å². The van der Waals surface area contributed by atoms with Crippen LogP contribution in [0.3, 0.4) is 0 Å². The maximum atomic E-state index is 11.7. The summed E-state index contributed by atoms with van der Waals surface area (Å²) >= 11 is 1.48. The number of esters is 1. The fourth-order valence-electron chi connectivity index (χ4n) is 3.95. The standard InChI is InChI=1S/C18H26N6O6S/c1-5-6-31-16-20-14(19)12-15(21-16)24(23-22-12)9-7-10(25)18(28-8-11(26)27-4)13(9)29-17(2,3)30-18/h9-10,13,25H,5-8H2,1-4H3,(H2,19,20,21)/t9-,10+,13+,18-/m1/s1. The molecule has 2 aromatic rings. The highest BCUT2D eigenvalue weighted by atomic mass is 32.2. The number of nitrogens with two attached hydrogens (primary N) is 1. The zero-order valence-corrected chi connectivity index (χ0v) is 18.6. The topological polar surface area (TPSA) is 157 Å². The van der Waals surface area contributed by atoms with Gasteiger partial charge in [-0.25, -0.2) is 19.4 Å². The summed E-state index contributed by atoms with van der Waals surface area (Å²) in [6, 6.07) is -0.530. The number of aromatic nitrogens is 5. The van der Waals surface area contributed by atoms with Gasteiger partial charge in [-0.3, -0.25) is 0 Å². The van der Waals surface area contributed by atoms with Gasteiger partial charge in [-0.05, 0) is 20.3 Å². The number of hydrogen-bond donors (Lipinski definition) is 2. The molecule has 4 rings (SSSR count). The highest BCUT2D eigenvalue weighted by molar-refractivity contribution is 7.99. The number of nitrogens with zero attached hydrogens (tertiary/aromatic N) is 5. The van der Waals surface area contributed by atoms with E-state index in [1.54, 1.807) is 18.5 Å². The molecule has 2 aromatic heterocycles. The lowest BCUT2D eigenvalue weighted by atomic mass is 10.1. The molecule has 2 aliphatic rings. The van der Waals surface area contributed by atoms with E-state index in [0.717, 1.165) is 12.2 Å². The zero-order valence-electron chi connectivity index (χ0n) is 17.8. The van der Waals surface area contributed by atoms with E-state index in [1.165, 1.54) is 18.9 Å². The number of rotatable bonds is 7. The number of nitrogen functional groups attached to an aromatic ring is 1. The lowest BCUT2D eigenvalue weighted by Gasteiger charge is -2.31. The Balaban J connectivity index is 1.72. The van der Waals surface area contributed by atoms with Gasteiger partial charge in [-0.1, -0.05) is 23.9 Å². The number of carbonyl (C=O) groups is 1. The van der Waals surface area contributed by atoms with Gasteiger partial charge in [0.2, 0.25) is 5.79 Å². The number of ether oxygens (including phenoxy) is 4. The molecule has 0 bridgehead atoms. The molecule has 31 heavy (non-hydrogen) atoms. The predicted molar refractivity (Wildman–Crippen MR) is 109 cm³/mol. The minimum atomic E-state index is -1.57. The number of hydrogen-bond acceptors (Lipinski definition) is 12. The maximum absolute atomic E-state index is 11.7. The molecule has 12 nitrogen and oxygen atoms in total. The molecule has 2 fully saturated rings. The minimum absolute atomic E-state index is 0.182. The van der Waals surface area contributed by atoms with Crippen molar-refractivity contribution in [2.24, 2.45) is 0 Å². The van der Waals surface area contributed by atoms with Gasteiger partial charge in [0.15, 0.2) is 27.9 Å². The Hall–Kier alpha value is -2.06. The molecule has 1 saturated heterocycles. The molecule has 4 atom stereocenters. The summed E-state index contributed by atoms with van der Waals surface area (Å²) in [4.78, 5) is 20.6. The predicted octanol–water partition coefficient (Wildman–Crippen LogP) is 0.649. The third kappa shape index (κ3) is 3.84. The van der Waals surface area contributed by atoms with Crippen LogP contribution in [0.4, 0.5) is 5.82 Å². The molecule has 3 N–H and O–H groups in total. The Labute approximate surface area is 182 Å². The smallest absolute Gasteiger partial charge is 0.331 e. The number of anilines is 1. The van der Waals surface area contributed by atoms with E-state index in [0.29, 0.717) is 16.3 Å². The van der Waals surface area contributed by atoms with Gasteiger partial charge in [-0.15, -0.1) is 5.10 Å². The highest BCUT2D eigenvalue weighted by Crippen LogP contribution is 2.52. The number of aliphatic hydroxyl groups is 1. The summed E-state index contributed by atoms with van der Waals surface area (Å²) in [5.41, 5.74) is 6.87. The van der Waals surface area contributed by atoms with Crippen molar-refractivity contribution in [3.63, 3.8) is 0 Å². The first-order valence-electron chi connectivity index (χ1n) is 9.98. The second-order valence-corrected chi connectivity index (χ2v) is 8.95. The van der Waals surface area contributed by atoms with E-state index >= 15 is 0 Å².